The lowest BCUT2D eigenvalue weighted by Gasteiger charge is -2.25. The van der Waals surface area contributed by atoms with Gasteiger partial charge in [-0.1, -0.05) is 17.7 Å². The number of hydrogen-bond acceptors (Lipinski definition) is 2. The number of carbonyl (C=O) groups excluding carboxylic acids is 1. The molecule has 84 valence electrons. The maximum absolute atomic E-state index is 11.7. The number of fused-ring (bicyclic) bond motifs is 3. The topological polar surface area (TPSA) is 32.3 Å². The maximum Gasteiger partial charge on any atom is 0.226 e. The van der Waals surface area contributed by atoms with E-state index in [1.165, 1.54) is 0 Å². The molecule has 1 unspecified atom stereocenters. The highest BCUT2D eigenvalue weighted by molar-refractivity contribution is 6.34. The number of benzene rings is 1. The van der Waals surface area contributed by atoms with E-state index in [1.54, 1.807) is 0 Å². The van der Waals surface area contributed by atoms with Crippen molar-refractivity contribution in [3.63, 3.8) is 0 Å². The van der Waals surface area contributed by atoms with Crippen LogP contribution in [0.15, 0.2) is 18.2 Å². The van der Waals surface area contributed by atoms with Crippen LogP contribution in [0.5, 0.6) is 0 Å². The first-order chi connectivity index (χ1) is 7.75. The largest absolute Gasteiger partial charge is 0.365 e. The number of anilines is 2. The summed E-state index contributed by atoms with van der Waals surface area (Å²) in [4.78, 5) is 14.0. The number of carbonyl (C=O) groups is 1. The van der Waals surface area contributed by atoms with E-state index in [2.05, 4.69) is 10.2 Å². The Bertz CT molecular complexity index is 447. The van der Waals surface area contributed by atoms with Crippen molar-refractivity contribution in [2.75, 3.05) is 16.8 Å². The van der Waals surface area contributed by atoms with Crippen molar-refractivity contribution in [1.29, 1.82) is 0 Å². The third-order valence-corrected chi connectivity index (χ3v) is 3.65. The van der Waals surface area contributed by atoms with Gasteiger partial charge in [-0.2, -0.15) is 0 Å². The van der Waals surface area contributed by atoms with Crippen LogP contribution < -0.4 is 10.2 Å². The maximum atomic E-state index is 11.7. The third kappa shape index (κ3) is 1.47. The summed E-state index contributed by atoms with van der Waals surface area (Å²) in [6.45, 7) is 0.996. The molecule has 1 aromatic rings. The molecule has 0 spiro atoms. The number of halogens is 1. The summed E-state index contributed by atoms with van der Waals surface area (Å²) in [6.07, 6.45) is 2.80. The van der Waals surface area contributed by atoms with Crippen molar-refractivity contribution in [3.8, 4) is 0 Å². The zero-order chi connectivity index (χ0) is 11.1. The van der Waals surface area contributed by atoms with Crippen molar-refractivity contribution in [2.24, 2.45) is 0 Å². The quantitative estimate of drug-likeness (QED) is 0.751. The molecule has 0 aliphatic carbocycles. The number of rotatable bonds is 0. The summed E-state index contributed by atoms with van der Waals surface area (Å²) in [5.74, 6) is 0.0953. The lowest BCUT2D eigenvalue weighted by atomic mass is 10.1. The first-order valence-corrected chi connectivity index (χ1v) is 5.98. The molecule has 16 heavy (non-hydrogen) atoms. The van der Waals surface area contributed by atoms with Crippen LogP contribution in [0.25, 0.3) is 0 Å². The van der Waals surface area contributed by atoms with Gasteiger partial charge in [-0.25, -0.2) is 0 Å². The van der Waals surface area contributed by atoms with Crippen molar-refractivity contribution >= 4 is 28.9 Å². The van der Waals surface area contributed by atoms with Crippen LogP contribution in [-0.2, 0) is 4.79 Å². The van der Waals surface area contributed by atoms with Gasteiger partial charge < -0.3 is 10.2 Å². The van der Waals surface area contributed by atoms with Crippen molar-refractivity contribution in [2.45, 2.75) is 25.3 Å². The fraction of sp³-hybridized carbons (Fsp3) is 0.417. The number of nitrogens with zero attached hydrogens (tertiary/aromatic N) is 1. The Morgan fingerprint density at radius 3 is 3.19 bits per heavy atom. The molecule has 0 bridgehead atoms. The lowest BCUT2D eigenvalue weighted by molar-refractivity contribution is -0.116. The van der Waals surface area contributed by atoms with E-state index in [4.69, 9.17) is 11.6 Å². The average molecular weight is 237 g/mol. The Morgan fingerprint density at radius 1 is 1.44 bits per heavy atom. The molecule has 1 saturated heterocycles. The molecule has 2 heterocycles. The molecule has 1 fully saturated rings. The van der Waals surface area contributed by atoms with Gasteiger partial charge in [0.05, 0.1) is 16.4 Å². The Kier molecular flexibility index (Phi) is 2.28. The summed E-state index contributed by atoms with van der Waals surface area (Å²) in [5.41, 5.74) is 1.85. The summed E-state index contributed by atoms with van der Waals surface area (Å²) in [5, 5.41) is 3.66. The highest BCUT2D eigenvalue weighted by Gasteiger charge is 2.32. The van der Waals surface area contributed by atoms with Crippen LogP contribution in [0.3, 0.4) is 0 Å². The molecule has 1 amide bonds. The van der Waals surface area contributed by atoms with Gasteiger partial charge in [0.15, 0.2) is 0 Å². The van der Waals surface area contributed by atoms with Gasteiger partial charge >= 0.3 is 0 Å². The highest BCUT2D eigenvalue weighted by atomic mass is 35.5. The van der Waals surface area contributed by atoms with Gasteiger partial charge in [0.1, 0.15) is 0 Å². The van der Waals surface area contributed by atoms with Crippen molar-refractivity contribution in [3.05, 3.63) is 23.2 Å². The standard InChI is InChI=1S/C12H13ClN2O/c13-9-4-1-5-10-12(9)15-6-2-3-8(15)7-11(16)14-10/h1,4-5,8H,2-3,6-7H2,(H,14,16). The Labute approximate surface area is 99.4 Å². The number of nitrogens with one attached hydrogen (secondary N) is 1. The van der Waals surface area contributed by atoms with Crippen molar-refractivity contribution in [1.82, 2.24) is 0 Å². The highest BCUT2D eigenvalue weighted by Crippen LogP contribution is 2.40. The van der Waals surface area contributed by atoms with E-state index in [1.807, 2.05) is 18.2 Å². The molecule has 0 radical (unpaired) electrons. The van der Waals surface area contributed by atoms with Gasteiger partial charge in [-0.05, 0) is 25.0 Å². The Balaban J connectivity index is 2.14. The Hall–Kier alpha value is -1.22. The van der Waals surface area contributed by atoms with Crippen LogP contribution in [0.2, 0.25) is 5.02 Å². The zero-order valence-electron chi connectivity index (χ0n) is 8.87. The van der Waals surface area contributed by atoms with Crippen LogP contribution in [0, 0.1) is 0 Å². The van der Waals surface area contributed by atoms with Gasteiger partial charge in [-0.15, -0.1) is 0 Å². The number of hydrogen-bond donors (Lipinski definition) is 1. The second kappa shape index (κ2) is 3.67. The average Bonchev–Trinajstić information content (AvgIpc) is 2.61. The van der Waals surface area contributed by atoms with E-state index in [-0.39, 0.29) is 5.91 Å². The minimum absolute atomic E-state index is 0.0953. The molecule has 1 aromatic carbocycles. The van der Waals surface area contributed by atoms with Crippen molar-refractivity contribution < 1.29 is 4.79 Å². The second-order valence-electron chi connectivity index (χ2n) is 4.38. The fourth-order valence-electron chi connectivity index (χ4n) is 2.67. The van der Waals surface area contributed by atoms with E-state index < -0.39 is 0 Å². The summed E-state index contributed by atoms with van der Waals surface area (Å²) in [6, 6.07) is 5.99. The van der Waals surface area contributed by atoms with Crippen LogP contribution in [0.4, 0.5) is 11.4 Å². The minimum Gasteiger partial charge on any atom is -0.365 e. The minimum atomic E-state index is 0.0953. The monoisotopic (exact) mass is 236 g/mol. The zero-order valence-corrected chi connectivity index (χ0v) is 9.63. The fourth-order valence-corrected chi connectivity index (χ4v) is 2.95. The van der Waals surface area contributed by atoms with Gasteiger partial charge in [-0.3, -0.25) is 4.79 Å². The van der Waals surface area contributed by atoms with E-state index >= 15 is 0 Å². The molecular weight excluding hydrogens is 224 g/mol. The molecule has 0 aromatic heterocycles. The molecule has 4 heteroatoms. The van der Waals surface area contributed by atoms with E-state index in [0.717, 1.165) is 35.8 Å². The first-order valence-electron chi connectivity index (χ1n) is 5.61. The third-order valence-electron chi connectivity index (χ3n) is 3.35. The molecule has 3 nitrogen and oxygen atoms in total. The lowest BCUT2D eigenvalue weighted by Crippen LogP contribution is -2.29. The van der Waals surface area contributed by atoms with Gasteiger partial charge in [0, 0.05) is 19.0 Å². The summed E-state index contributed by atoms with van der Waals surface area (Å²) >= 11 is 6.24. The van der Waals surface area contributed by atoms with Crippen LogP contribution in [0.1, 0.15) is 19.3 Å². The van der Waals surface area contributed by atoms with Gasteiger partial charge in [0.25, 0.3) is 0 Å². The molecule has 2 aliphatic heterocycles. The molecule has 0 saturated carbocycles. The van der Waals surface area contributed by atoms with E-state index in [0.29, 0.717) is 12.5 Å². The molecule has 1 atom stereocenters. The SMILES string of the molecule is O=C1CC2CCCN2c2c(Cl)cccc2N1. The smallest absolute Gasteiger partial charge is 0.226 e. The molecule has 1 N–H and O–H groups in total. The van der Waals surface area contributed by atoms with Crippen LogP contribution >= 0.6 is 11.6 Å². The summed E-state index contributed by atoms with van der Waals surface area (Å²) < 4.78 is 0. The molecule has 2 aliphatic rings. The second-order valence-corrected chi connectivity index (χ2v) is 4.78. The van der Waals surface area contributed by atoms with E-state index in [9.17, 15) is 4.79 Å². The number of amides is 1. The summed E-state index contributed by atoms with van der Waals surface area (Å²) in [7, 11) is 0. The Morgan fingerprint density at radius 2 is 2.31 bits per heavy atom. The first kappa shape index (κ1) is 9.97. The molecule has 3 rings (SSSR count). The van der Waals surface area contributed by atoms with Gasteiger partial charge in [0.2, 0.25) is 5.91 Å². The normalized spacial score (nSPS) is 23.4. The number of para-hydroxylation sites is 1. The molecular formula is C12H13ClN2O. The predicted molar refractivity (Wildman–Crippen MR) is 65.1 cm³/mol. The predicted octanol–water partition coefficient (Wildman–Crippen LogP) is 2.65. The van der Waals surface area contributed by atoms with Crippen LogP contribution in [-0.4, -0.2) is 18.5 Å².